The minimum absolute atomic E-state index is 0.0550. The third-order valence-corrected chi connectivity index (χ3v) is 5.34. The molecule has 1 fully saturated rings. The molecule has 0 unspecified atom stereocenters. The van der Waals surface area contributed by atoms with E-state index in [1.807, 2.05) is 66.8 Å². The number of benzene rings is 1. The first-order valence-electron chi connectivity index (χ1n) is 8.76. The van der Waals surface area contributed by atoms with E-state index in [9.17, 15) is 4.79 Å². The molecular formula is C19H30BNO4. The van der Waals surface area contributed by atoms with Crippen molar-refractivity contribution in [2.45, 2.75) is 65.2 Å². The van der Waals surface area contributed by atoms with E-state index < -0.39 is 18.3 Å². The van der Waals surface area contributed by atoms with Gasteiger partial charge >= 0.3 is 7.12 Å². The Morgan fingerprint density at radius 1 is 1.20 bits per heavy atom. The van der Waals surface area contributed by atoms with E-state index in [-0.39, 0.29) is 18.4 Å². The fourth-order valence-electron chi connectivity index (χ4n) is 2.64. The Morgan fingerprint density at radius 2 is 1.76 bits per heavy atom. The maximum absolute atomic E-state index is 12.5. The van der Waals surface area contributed by atoms with Gasteiger partial charge in [-0.25, -0.2) is 0 Å². The SMILES string of the molecule is COc1ccc(B2OC(C)(C)C(C)(C)O2)cc1CC(=O)N(C)C(C)C. The standard InChI is InChI=1S/C19H30BNO4/c1-13(2)21(7)17(22)12-14-11-15(9-10-16(14)23-8)20-24-18(3,4)19(5,6)25-20/h9-11,13H,12H2,1-8H3. The number of hydrogen-bond acceptors (Lipinski definition) is 4. The second-order valence-electron chi connectivity index (χ2n) is 7.93. The van der Waals surface area contributed by atoms with E-state index in [0.29, 0.717) is 5.75 Å². The number of carbonyl (C=O) groups is 1. The topological polar surface area (TPSA) is 48.0 Å². The molecule has 0 radical (unpaired) electrons. The monoisotopic (exact) mass is 347 g/mol. The lowest BCUT2D eigenvalue weighted by Gasteiger charge is -2.32. The van der Waals surface area contributed by atoms with Crippen LogP contribution in [0, 0.1) is 0 Å². The van der Waals surface area contributed by atoms with Crippen LogP contribution in [0.15, 0.2) is 18.2 Å². The lowest BCUT2D eigenvalue weighted by Crippen LogP contribution is -2.41. The molecule has 0 aliphatic carbocycles. The minimum Gasteiger partial charge on any atom is -0.496 e. The van der Waals surface area contributed by atoms with Crippen molar-refractivity contribution >= 4 is 18.5 Å². The Labute approximate surface area is 151 Å². The van der Waals surface area contributed by atoms with Crippen molar-refractivity contribution in [1.29, 1.82) is 0 Å². The van der Waals surface area contributed by atoms with Gasteiger partial charge in [-0.05, 0) is 53.1 Å². The van der Waals surface area contributed by atoms with Gasteiger partial charge in [0.1, 0.15) is 5.75 Å². The van der Waals surface area contributed by atoms with Crippen molar-refractivity contribution in [1.82, 2.24) is 4.90 Å². The number of hydrogen-bond donors (Lipinski definition) is 0. The van der Waals surface area contributed by atoms with Crippen LogP contribution in [0.1, 0.15) is 47.1 Å². The predicted molar refractivity (Wildman–Crippen MR) is 100 cm³/mol. The average Bonchev–Trinajstić information content (AvgIpc) is 2.74. The fourth-order valence-corrected chi connectivity index (χ4v) is 2.64. The van der Waals surface area contributed by atoms with Gasteiger partial charge in [-0.1, -0.05) is 12.1 Å². The lowest BCUT2D eigenvalue weighted by molar-refractivity contribution is -0.130. The quantitative estimate of drug-likeness (QED) is 0.768. The number of carbonyl (C=O) groups excluding carboxylic acids is 1. The summed E-state index contributed by atoms with van der Waals surface area (Å²) in [4.78, 5) is 14.2. The van der Waals surface area contributed by atoms with Crippen LogP contribution in [0.3, 0.4) is 0 Å². The third-order valence-electron chi connectivity index (χ3n) is 5.34. The fraction of sp³-hybridized carbons (Fsp3) is 0.632. The summed E-state index contributed by atoms with van der Waals surface area (Å²) in [5.41, 5.74) is 0.943. The lowest BCUT2D eigenvalue weighted by atomic mass is 9.78. The minimum atomic E-state index is -0.451. The molecule has 1 aliphatic rings. The van der Waals surface area contributed by atoms with Crippen LogP contribution in [0.5, 0.6) is 5.75 Å². The molecule has 1 aromatic rings. The highest BCUT2D eigenvalue weighted by molar-refractivity contribution is 6.62. The summed E-state index contributed by atoms with van der Waals surface area (Å²) in [5, 5.41) is 0. The smallest absolute Gasteiger partial charge is 0.494 e. The Kier molecular flexibility index (Phi) is 5.54. The molecule has 25 heavy (non-hydrogen) atoms. The molecule has 2 rings (SSSR count). The second-order valence-corrected chi connectivity index (χ2v) is 7.93. The van der Waals surface area contributed by atoms with Crippen molar-refractivity contribution < 1.29 is 18.8 Å². The first-order valence-corrected chi connectivity index (χ1v) is 8.76. The molecular weight excluding hydrogens is 317 g/mol. The highest BCUT2D eigenvalue weighted by atomic mass is 16.7. The van der Waals surface area contributed by atoms with E-state index in [4.69, 9.17) is 14.0 Å². The molecule has 1 heterocycles. The molecule has 138 valence electrons. The Morgan fingerprint density at radius 3 is 2.24 bits per heavy atom. The zero-order valence-electron chi connectivity index (χ0n) is 16.7. The van der Waals surface area contributed by atoms with Crippen LogP contribution in [0.4, 0.5) is 0 Å². The third kappa shape index (κ3) is 4.01. The van der Waals surface area contributed by atoms with Crippen molar-refractivity contribution in [3.05, 3.63) is 23.8 Å². The Balaban J connectivity index is 2.27. The van der Waals surface area contributed by atoms with Crippen LogP contribution >= 0.6 is 0 Å². The Hall–Kier alpha value is -1.53. The summed E-state index contributed by atoms with van der Waals surface area (Å²) in [6.07, 6.45) is 0.283. The molecule has 1 saturated heterocycles. The average molecular weight is 347 g/mol. The van der Waals surface area contributed by atoms with Gasteiger partial charge in [0, 0.05) is 18.7 Å². The summed E-state index contributed by atoms with van der Waals surface area (Å²) in [5.74, 6) is 0.755. The van der Waals surface area contributed by atoms with Gasteiger partial charge in [0.25, 0.3) is 0 Å². The summed E-state index contributed by atoms with van der Waals surface area (Å²) in [6.45, 7) is 12.1. The van der Waals surface area contributed by atoms with Gasteiger partial charge in [-0.3, -0.25) is 4.79 Å². The molecule has 0 saturated carbocycles. The number of methoxy groups -OCH3 is 1. The van der Waals surface area contributed by atoms with Crippen LogP contribution in [0.2, 0.25) is 0 Å². The van der Waals surface area contributed by atoms with Crippen molar-refractivity contribution in [3.8, 4) is 5.75 Å². The van der Waals surface area contributed by atoms with Crippen molar-refractivity contribution in [3.63, 3.8) is 0 Å². The molecule has 0 N–H and O–H groups in total. The second kappa shape index (κ2) is 7.00. The van der Waals surface area contributed by atoms with Gasteiger partial charge < -0.3 is 18.9 Å². The number of nitrogens with zero attached hydrogens (tertiary/aromatic N) is 1. The number of ether oxygens (including phenoxy) is 1. The van der Waals surface area contributed by atoms with Crippen molar-refractivity contribution in [2.24, 2.45) is 0 Å². The molecule has 0 spiro atoms. The normalized spacial score (nSPS) is 18.5. The highest BCUT2D eigenvalue weighted by Crippen LogP contribution is 2.36. The molecule has 0 aromatic heterocycles. The van der Waals surface area contributed by atoms with Gasteiger partial charge in [-0.15, -0.1) is 0 Å². The van der Waals surface area contributed by atoms with E-state index in [1.54, 1.807) is 12.0 Å². The maximum Gasteiger partial charge on any atom is 0.494 e. The molecule has 6 heteroatoms. The number of rotatable bonds is 5. The maximum atomic E-state index is 12.5. The first-order chi connectivity index (χ1) is 11.5. The predicted octanol–water partition coefficient (Wildman–Crippen LogP) is 2.40. The zero-order valence-corrected chi connectivity index (χ0v) is 16.7. The van der Waals surface area contributed by atoms with Crippen LogP contribution in [-0.4, -0.2) is 49.3 Å². The van der Waals surface area contributed by atoms with Crippen molar-refractivity contribution in [2.75, 3.05) is 14.2 Å². The van der Waals surface area contributed by atoms with Gasteiger partial charge in [-0.2, -0.15) is 0 Å². The molecule has 1 aliphatic heterocycles. The molecule has 5 nitrogen and oxygen atoms in total. The summed E-state index contributed by atoms with van der Waals surface area (Å²) in [6, 6.07) is 5.91. The Bertz CT molecular complexity index is 626. The molecule has 0 atom stereocenters. The van der Waals surface area contributed by atoms with Crippen LogP contribution in [-0.2, 0) is 20.5 Å². The van der Waals surface area contributed by atoms with Gasteiger partial charge in [0.15, 0.2) is 0 Å². The van der Waals surface area contributed by atoms with Gasteiger partial charge in [0.2, 0.25) is 5.91 Å². The van der Waals surface area contributed by atoms with E-state index in [0.717, 1.165) is 11.0 Å². The number of amides is 1. The molecule has 1 aromatic carbocycles. The largest absolute Gasteiger partial charge is 0.496 e. The summed E-state index contributed by atoms with van der Waals surface area (Å²) in [7, 11) is 2.98. The first kappa shape index (κ1) is 19.8. The number of likely N-dealkylation sites (N-methyl/N-ethyl adjacent to an activating group) is 1. The molecule has 1 amide bonds. The van der Waals surface area contributed by atoms with E-state index >= 15 is 0 Å². The van der Waals surface area contributed by atoms with E-state index in [1.165, 1.54) is 0 Å². The van der Waals surface area contributed by atoms with Gasteiger partial charge in [0.05, 0.1) is 24.7 Å². The van der Waals surface area contributed by atoms with Crippen LogP contribution < -0.4 is 10.2 Å². The van der Waals surface area contributed by atoms with Crippen LogP contribution in [0.25, 0.3) is 0 Å². The highest BCUT2D eigenvalue weighted by Gasteiger charge is 2.51. The zero-order chi connectivity index (χ0) is 19.0. The summed E-state index contributed by atoms with van der Waals surface area (Å²) >= 11 is 0. The molecule has 0 bridgehead atoms. The van der Waals surface area contributed by atoms with E-state index in [2.05, 4.69) is 0 Å². The summed E-state index contributed by atoms with van der Waals surface area (Å²) < 4.78 is 17.7.